The lowest BCUT2D eigenvalue weighted by molar-refractivity contribution is -0.140. The zero-order valence-electron chi connectivity index (χ0n) is 18.1. The first-order valence-corrected chi connectivity index (χ1v) is 11.6. The Bertz CT molecular complexity index is 1140. The molecule has 1 aliphatic heterocycles. The number of ether oxygens (including phenoxy) is 1. The third-order valence-corrected chi connectivity index (χ3v) is 8.01. The standard InChI is InChI=1S/C26H23ClN2O4/c1-33-17-8-6-16(7-9-17)28(24(30)14-2-4-15(27)5-3-14)13-29-25(31)22-18-10-11-19(21-12-20(18)21)23(22)26(29)32/h2-11,18-23H,12-13H2,1H3. The third kappa shape index (κ3) is 3.11. The van der Waals surface area contributed by atoms with E-state index in [9.17, 15) is 14.4 Å². The summed E-state index contributed by atoms with van der Waals surface area (Å²) in [6.07, 6.45) is 5.41. The molecule has 0 radical (unpaired) electrons. The van der Waals surface area contributed by atoms with Crippen molar-refractivity contribution in [3.05, 3.63) is 71.3 Å². The van der Waals surface area contributed by atoms with Gasteiger partial charge in [0.15, 0.2) is 0 Å². The fraction of sp³-hybridized carbons (Fsp3) is 0.346. The van der Waals surface area contributed by atoms with Crippen LogP contribution in [-0.2, 0) is 9.59 Å². The van der Waals surface area contributed by atoms with E-state index < -0.39 is 0 Å². The molecule has 0 N–H and O–H groups in total. The number of benzene rings is 2. The molecule has 2 aromatic carbocycles. The first-order valence-electron chi connectivity index (χ1n) is 11.2. The van der Waals surface area contributed by atoms with Gasteiger partial charge in [-0.15, -0.1) is 0 Å². The predicted octanol–water partition coefficient (Wildman–Crippen LogP) is 4.01. The monoisotopic (exact) mass is 462 g/mol. The molecule has 6 unspecified atom stereocenters. The fourth-order valence-electron chi connectivity index (χ4n) is 6.07. The van der Waals surface area contributed by atoms with Crippen LogP contribution >= 0.6 is 11.6 Å². The number of hydrogen-bond donors (Lipinski definition) is 0. The lowest BCUT2D eigenvalue weighted by Crippen LogP contribution is -2.45. The molecule has 0 aromatic heterocycles. The van der Waals surface area contributed by atoms with Crippen molar-refractivity contribution in [1.29, 1.82) is 0 Å². The average Bonchev–Trinajstić information content (AvgIpc) is 3.63. The van der Waals surface area contributed by atoms with E-state index in [1.807, 2.05) is 0 Å². The summed E-state index contributed by atoms with van der Waals surface area (Å²) in [6, 6.07) is 13.6. The molecule has 4 aliphatic carbocycles. The maximum atomic E-state index is 13.5. The number of carbonyl (C=O) groups is 3. The zero-order valence-corrected chi connectivity index (χ0v) is 18.8. The Morgan fingerprint density at radius 2 is 1.55 bits per heavy atom. The first-order chi connectivity index (χ1) is 16.0. The summed E-state index contributed by atoms with van der Waals surface area (Å²) < 4.78 is 5.24. The van der Waals surface area contributed by atoms with Crippen LogP contribution in [0.2, 0.25) is 5.02 Å². The molecule has 2 bridgehead atoms. The van der Waals surface area contributed by atoms with Crippen LogP contribution < -0.4 is 9.64 Å². The molecule has 3 amide bonds. The van der Waals surface area contributed by atoms with E-state index in [2.05, 4.69) is 12.2 Å². The zero-order chi connectivity index (χ0) is 22.9. The van der Waals surface area contributed by atoms with Crippen LogP contribution in [0.3, 0.4) is 0 Å². The van der Waals surface area contributed by atoms with Gasteiger partial charge in [-0.25, -0.2) is 0 Å². The van der Waals surface area contributed by atoms with E-state index in [4.69, 9.17) is 16.3 Å². The van der Waals surface area contributed by atoms with Crippen LogP contribution in [0.5, 0.6) is 5.75 Å². The van der Waals surface area contributed by atoms with Gasteiger partial charge in [0.2, 0.25) is 11.8 Å². The van der Waals surface area contributed by atoms with E-state index in [-0.39, 0.29) is 48.1 Å². The first kappa shape index (κ1) is 20.5. The number of nitrogens with zero attached hydrogens (tertiary/aromatic N) is 2. The van der Waals surface area contributed by atoms with Crippen molar-refractivity contribution in [3.63, 3.8) is 0 Å². The summed E-state index contributed by atoms with van der Waals surface area (Å²) in [6.45, 7) is -0.118. The van der Waals surface area contributed by atoms with Gasteiger partial charge in [-0.1, -0.05) is 23.8 Å². The van der Waals surface area contributed by atoms with Gasteiger partial charge in [0.25, 0.3) is 5.91 Å². The van der Waals surface area contributed by atoms with Gasteiger partial charge in [-0.05, 0) is 78.6 Å². The van der Waals surface area contributed by atoms with Crippen molar-refractivity contribution in [2.75, 3.05) is 18.7 Å². The molecule has 168 valence electrons. The highest BCUT2D eigenvalue weighted by Crippen LogP contribution is 2.65. The smallest absolute Gasteiger partial charge is 0.259 e. The summed E-state index contributed by atoms with van der Waals surface area (Å²) in [5.41, 5.74) is 1.00. The van der Waals surface area contributed by atoms with E-state index in [1.54, 1.807) is 55.6 Å². The SMILES string of the molecule is COc1ccc(N(CN2C(=O)C3C4C=CC(C5CC45)C3C2=O)C(=O)c2ccc(Cl)cc2)cc1. The maximum absolute atomic E-state index is 13.5. The minimum atomic E-state index is -0.309. The molecule has 5 aliphatic rings. The van der Waals surface area contributed by atoms with Crippen molar-refractivity contribution in [2.24, 2.45) is 35.5 Å². The number of hydrogen-bond acceptors (Lipinski definition) is 4. The molecule has 6 nitrogen and oxygen atoms in total. The molecule has 6 atom stereocenters. The Balaban J connectivity index is 1.33. The number of allylic oxidation sites excluding steroid dienone is 2. The van der Waals surface area contributed by atoms with Crippen LogP contribution in [0.4, 0.5) is 5.69 Å². The van der Waals surface area contributed by atoms with Gasteiger partial charge in [0, 0.05) is 16.3 Å². The summed E-state index contributed by atoms with van der Waals surface area (Å²) >= 11 is 6.00. The highest BCUT2D eigenvalue weighted by Gasteiger charge is 2.67. The maximum Gasteiger partial charge on any atom is 0.259 e. The lowest BCUT2D eigenvalue weighted by atomic mass is 9.63. The number of halogens is 1. The van der Waals surface area contributed by atoms with E-state index in [0.29, 0.717) is 33.9 Å². The number of imide groups is 1. The summed E-state index contributed by atoms with van der Waals surface area (Å²) in [5, 5.41) is 0.526. The Kier molecular flexibility index (Phi) is 4.63. The molecule has 33 heavy (non-hydrogen) atoms. The molecule has 2 aromatic rings. The molecule has 1 heterocycles. The topological polar surface area (TPSA) is 66.9 Å². The van der Waals surface area contributed by atoms with Crippen molar-refractivity contribution in [3.8, 4) is 5.75 Å². The second kappa shape index (κ2) is 7.45. The van der Waals surface area contributed by atoms with Crippen molar-refractivity contribution >= 4 is 35.0 Å². The van der Waals surface area contributed by atoms with Crippen molar-refractivity contribution < 1.29 is 19.1 Å². The average molecular weight is 463 g/mol. The second-order valence-corrected chi connectivity index (χ2v) is 9.78. The second-order valence-electron chi connectivity index (χ2n) is 9.34. The Hall–Kier alpha value is -3.12. The van der Waals surface area contributed by atoms with Gasteiger partial charge in [0.05, 0.1) is 18.9 Å². The van der Waals surface area contributed by atoms with Crippen LogP contribution in [0.25, 0.3) is 0 Å². The van der Waals surface area contributed by atoms with Crippen LogP contribution in [0.1, 0.15) is 16.8 Å². The minimum absolute atomic E-state index is 0.118. The Labute approximate surface area is 196 Å². The van der Waals surface area contributed by atoms with E-state index >= 15 is 0 Å². The van der Waals surface area contributed by atoms with Crippen LogP contribution in [0.15, 0.2) is 60.7 Å². The third-order valence-electron chi connectivity index (χ3n) is 7.76. The summed E-state index contributed by atoms with van der Waals surface area (Å²) in [4.78, 5) is 43.2. The molecule has 7 heteroatoms. The van der Waals surface area contributed by atoms with Crippen LogP contribution in [-0.4, -0.2) is 36.4 Å². The molecule has 1 saturated heterocycles. The number of anilines is 1. The minimum Gasteiger partial charge on any atom is -0.497 e. The van der Waals surface area contributed by atoms with Crippen LogP contribution in [0, 0.1) is 35.5 Å². The summed E-state index contributed by atoms with van der Waals surface area (Å²) in [5.74, 6) is 0.807. The molecule has 7 rings (SSSR count). The molecule has 0 spiro atoms. The lowest BCUT2D eigenvalue weighted by Gasteiger charge is -2.37. The number of carbonyl (C=O) groups excluding carboxylic acids is 3. The molecule has 2 saturated carbocycles. The Morgan fingerprint density at radius 1 is 0.970 bits per heavy atom. The molecular formula is C26H23ClN2O4. The van der Waals surface area contributed by atoms with Crippen molar-refractivity contribution in [2.45, 2.75) is 6.42 Å². The molecular weight excluding hydrogens is 440 g/mol. The highest BCUT2D eigenvalue weighted by molar-refractivity contribution is 6.30. The number of likely N-dealkylation sites (tertiary alicyclic amines) is 1. The van der Waals surface area contributed by atoms with Gasteiger partial charge in [-0.2, -0.15) is 0 Å². The number of amides is 3. The quantitative estimate of drug-likeness (QED) is 0.497. The fourth-order valence-corrected chi connectivity index (χ4v) is 6.20. The number of methoxy groups -OCH3 is 1. The van der Waals surface area contributed by atoms with E-state index in [0.717, 1.165) is 6.42 Å². The normalized spacial score (nSPS) is 30.8. The largest absolute Gasteiger partial charge is 0.497 e. The Morgan fingerprint density at radius 3 is 2.09 bits per heavy atom. The van der Waals surface area contributed by atoms with Gasteiger partial charge >= 0.3 is 0 Å². The summed E-state index contributed by atoms with van der Waals surface area (Å²) in [7, 11) is 1.57. The van der Waals surface area contributed by atoms with Gasteiger partial charge in [0.1, 0.15) is 12.4 Å². The predicted molar refractivity (Wildman–Crippen MR) is 123 cm³/mol. The highest BCUT2D eigenvalue weighted by atomic mass is 35.5. The van der Waals surface area contributed by atoms with Gasteiger partial charge < -0.3 is 4.74 Å². The number of rotatable bonds is 5. The van der Waals surface area contributed by atoms with E-state index in [1.165, 1.54) is 9.80 Å². The van der Waals surface area contributed by atoms with Crippen molar-refractivity contribution in [1.82, 2.24) is 4.90 Å². The van der Waals surface area contributed by atoms with Gasteiger partial charge in [-0.3, -0.25) is 24.2 Å². The molecule has 3 fully saturated rings.